The first-order valence-corrected chi connectivity index (χ1v) is 4.44. The minimum Gasteiger partial charge on any atom is -0.658 e. The molecule has 0 aromatic rings. The molecule has 0 aliphatic heterocycles. The van der Waals surface area contributed by atoms with Gasteiger partial charge in [0.15, 0.2) is 0 Å². The van der Waals surface area contributed by atoms with Crippen molar-refractivity contribution in [3.8, 4) is 0 Å². The van der Waals surface area contributed by atoms with Crippen LogP contribution in [-0.2, 0) is 14.4 Å². The van der Waals surface area contributed by atoms with Gasteiger partial charge in [-0.05, 0) is 0 Å². The second-order valence-corrected chi connectivity index (χ2v) is 2.53. The Balaban J connectivity index is -0.000000129. The van der Waals surface area contributed by atoms with E-state index in [1.807, 2.05) is 13.8 Å². The predicted molar refractivity (Wildman–Crippen MR) is 46.6 cm³/mol. The number of allylic oxidation sites excluding steroid dienone is 1. The quantitative estimate of drug-likeness (QED) is 0.275. The van der Waals surface area contributed by atoms with Crippen LogP contribution in [0, 0.1) is 6.08 Å². The molecule has 0 unspecified atom stereocenters. The summed E-state index contributed by atoms with van der Waals surface area (Å²) >= 11 is 0. The van der Waals surface area contributed by atoms with Gasteiger partial charge in [-0.2, -0.15) is 9.59 Å². The van der Waals surface area contributed by atoms with Crippen molar-refractivity contribution in [2.24, 2.45) is 0 Å². The summed E-state index contributed by atoms with van der Waals surface area (Å²) in [6, 6.07) is 0. The summed E-state index contributed by atoms with van der Waals surface area (Å²) < 4.78 is 0. The van der Waals surface area contributed by atoms with E-state index in [0.29, 0.717) is 18.4 Å². The molecule has 4 nitrogen and oxygen atoms in total. The van der Waals surface area contributed by atoms with E-state index >= 15 is 0 Å². The molecule has 0 rings (SSSR count). The van der Waals surface area contributed by atoms with Crippen molar-refractivity contribution in [2.75, 3.05) is 0 Å². The number of carboxylic acid groups (broad SMARTS) is 1. The molecule has 0 aromatic carbocycles. The smallest absolute Gasteiger partial charge is 0.658 e. The van der Waals surface area contributed by atoms with Crippen molar-refractivity contribution in [3.05, 3.63) is 11.6 Å². The third kappa shape index (κ3) is 20.1. The Morgan fingerprint density at radius 3 is 1.88 bits per heavy atom. The number of carbonyl (C=O) groups excluding carboxylic acids is 3. The summed E-state index contributed by atoms with van der Waals surface area (Å²) in [4.78, 5) is 26.6. The molecule has 0 bridgehead atoms. The molecule has 0 aliphatic carbocycles. The van der Waals surface area contributed by atoms with Crippen LogP contribution in [0.5, 0.6) is 0 Å². The number of hydrogen-bond donors (Lipinski definition) is 0. The summed E-state index contributed by atoms with van der Waals surface area (Å²) in [7, 11) is 0. The molecule has 0 saturated heterocycles. The molecule has 0 aromatic heterocycles. The normalized spacial score (nSPS) is 8.50. The van der Waals surface area contributed by atoms with Gasteiger partial charge in [-0.25, -0.2) is 5.57 Å². The fourth-order valence-corrected chi connectivity index (χ4v) is 0.789. The van der Waals surface area contributed by atoms with Gasteiger partial charge >= 0.3 is 65.3 Å². The van der Waals surface area contributed by atoms with Crippen molar-refractivity contribution >= 4 is 12.1 Å². The van der Waals surface area contributed by atoms with Gasteiger partial charge < -0.3 is 9.90 Å². The van der Waals surface area contributed by atoms with E-state index in [4.69, 9.17) is 9.59 Å². The summed E-state index contributed by atoms with van der Waals surface area (Å²) in [6.45, 7) is 3.93. The molecule has 0 N–H and O–H groups in total. The Morgan fingerprint density at radius 1 is 1.19 bits per heavy atom. The maximum atomic E-state index is 10.4. The summed E-state index contributed by atoms with van der Waals surface area (Å²) in [5, 5.41) is 10.4. The zero-order chi connectivity index (χ0) is 11.4. The van der Waals surface area contributed by atoms with Crippen LogP contribution in [0.1, 0.15) is 39.5 Å². The van der Waals surface area contributed by atoms with E-state index in [2.05, 4.69) is 6.08 Å². The van der Waals surface area contributed by atoms with Crippen LogP contribution >= 0.6 is 0 Å². The molecular formula is C10H14Na2O4. The SMILES string of the molecule is CCC[C-]=C(CCC)C(=O)[O-].O=C=O.[Na+].[Na+]. The van der Waals surface area contributed by atoms with E-state index in [0.717, 1.165) is 12.8 Å². The van der Waals surface area contributed by atoms with Crippen molar-refractivity contribution in [2.45, 2.75) is 39.5 Å². The maximum Gasteiger partial charge on any atom is 1.00 e. The van der Waals surface area contributed by atoms with Crippen molar-refractivity contribution in [3.63, 3.8) is 0 Å². The Morgan fingerprint density at radius 2 is 1.62 bits per heavy atom. The first kappa shape index (κ1) is 25.4. The van der Waals surface area contributed by atoms with Gasteiger partial charge in [0.1, 0.15) is 0 Å². The molecule has 6 heteroatoms. The molecule has 0 amide bonds. The molecular weight excluding hydrogens is 230 g/mol. The molecule has 0 spiro atoms. The van der Waals surface area contributed by atoms with E-state index in [9.17, 15) is 9.90 Å². The van der Waals surface area contributed by atoms with Crippen LogP contribution in [0.4, 0.5) is 0 Å². The molecule has 0 atom stereocenters. The standard InChI is InChI=1S/C9H15O2.CO2.2Na/c1-3-5-7-8(6-4-2)9(10)11;2-1-3;;/h3-6H2,1-2H3,(H,10,11);;;/q-1;;2*+1/p-1. The second-order valence-electron chi connectivity index (χ2n) is 2.53. The summed E-state index contributed by atoms with van der Waals surface area (Å²) in [6.07, 6.45) is 6.12. The van der Waals surface area contributed by atoms with Gasteiger partial charge in [-0.1, -0.05) is 33.1 Å². The first-order chi connectivity index (χ1) is 6.63. The van der Waals surface area contributed by atoms with Crippen LogP contribution in [0.15, 0.2) is 5.57 Å². The molecule has 0 fully saturated rings. The third-order valence-corrected chi connectivity index (χ3v) is 1.33. The molecule has 16 heavy (non-hydrogen) atoms. The largest absolute Gasteiger partial charge is 1.00 e. The molecule has 0 aliphatic rings. The minimum absolute atomic E-state index is 0. The van der Waals surface area contributed by atoms with E-state index in [1.165, 1.54) is 0 Å². The van der Waals surface area contributed by atoms with Gasteiger partial charge in [0.05, 0.1) is 0 Å². The zero-order valence-electron chi connectivity index (χ0n) is 10.5. The van der Waals surface area contributed by atoms with E-state index < -0.39 is 5.97 Å². The van der Waals surface area contributed by atoms with Crippen LogP contribution < -0.4 is 64.2 Å². The molecule has 0 saturated carbocycles. The molecule has 0 heterocycles. The number of unbranched alkanes of at least 4 members (excludes halogenated alkanes) is 1. The fourth-order valence-electron chi connectivity index (χ4n) is 0.789. The number of aliphatic carboxylic acids is 1. The third-order valence-electron chi connectivity index (χ3n) is 1.33. The molecule has 80 valence electrons. The van der Waals surface area contributed by atoms with Crippen LogP contribution in [-0.4, -0.2) is 12.1 Å². The van der Waals surface area contributed by atoms with E-state index in [-0.39, 0.29) is 65.3 Å². The molecule has 0 radical (unpaired) electrons. The number of rotatable bonds is 5. The topological polar surface area (TPSA) is 74.3 Å². The number of hydrogen-bond acceptors (Lipinski definition) is 4. The monoisotopic (exact) mass is 244 g/mol. The average Bonchev–Trinajstić information content (AvgIpc) is 2.13. The Bertz CT molecular complexity index is 221. The van der Waals surface area contributed by atoms with Crippen LogP contribution in [0.3, 0.4) is 0 Å². The Hall–Kier alpha value is 0.590. The Kier molecular flexibility index (Phi) is 33.3. The average molecular weight is 244 g/mol. The maximum absolute atomic E-state index is 10.4. The number of carboxylic acids is 1. The Labute approximate surface area is 140 Å². The van der Waals surface area contributed by atoms with Crippen molar-refractivity contribution < 1.29 is 78.6 Å². The van der Waals surface area contributed by atoms with Gasteiger partial charge in [0.25, 0.3) is 0 Å². The van der Waals surface area contributed by atoms with Gasteiger partial charge in [-0.3, -0.25) is 6.08 Å². The zero-order valence-corrected chi connectivity index (χ0v) is 14.5. The predicted octanol–water partition coefficient (Wildman–Crippen LogP) is -5.51. The van der Waals surface area contributed by atoms with Crippen molar-refractivity contribution in [1.29, 1.82) is 0 Å². The summed E-state index contributed by atoms with van der Waals surface area (Å²) in [5.41, 5.74) is 0.328. The van der Waals surface area contributed by atoms with Gasteiger partial charge in [-0.15, -0.1) is 12.4 Å². The van der Waals surface area contributed by atoms with E-state index in [1.54, 1.807) is 0 Å². The summed E-state index contributed by atoms with van der Waals surface area (Å²) in [5.74, 6) is -1.07. The van der Waals surface area contributed by atoms with Crippen LogP contribution in [0.2, 0.25) is 0 Å². The van der Waals surface area contributed by atoms with Crippen molar-refractivity contribution in [1.82, 2.24) is 0 Å². The van der Waals surface area contributed by atoms with Gasteiger partial charge in [0, 0.05) is 0 Å². The number of carbonyl (C=O) groups is 1. The fraction of sp³-hybridized carbons (Fsp3) is 0.600. The van der Waals surface area contributed by atoms with Crippen LogP contribution in [0.25, 0.3) is 0 Å². The minimum atomic E-state index is -1.07. The first-order valence-electron chi connectivity index (χ1n) is 4.44. The second kappa shape index (κ2) is 20.9. The van der Waals surface area contributed by atoms with Gasteiger partial charge in [0.2, 0.25) is 0 Å².